The highest BCUT2D eigenvalue weighted by molar-refractivity contribution is 6.00. The highest BCUT2D eigenvalue weighted by Gasteiger charge is 2.36. The lowest BCUT2D eigenvalue weighted by Crippen LogP contribution is -2.26. The molecule has 96 valence electrons. The molecule has 1 aromatic carbocycles. The standard InChI is InChI=1S/C13H15NO4/c1-8-4-3-5-10(12(8)16)14-7-9(6-11(14)15)13(17)18-2/h3-5,9,16H,6-7H2,1-2H3. The number of benzene rings is 1. The van der Waals surface area contributed by atoms with Crippen molar-refractivity contribution in [3.63, 3.8) is 0 Å². The molecule has 0 aromatic heterocycles. The van der Waals surface area contributed by atoms with Crippen LogP contribution in [0, 0.1) is 12.8 Å². The second-order valence-corrected chi connectivity index (χ2v) is 4.37. The smallest absolute Gasteiger partial charge is 0.311 e. The van der Waals surface area contributed by atoms with Crippen LogP contribution in [0.3, 0.4) is 0 Å². The van der Waals surface area contributed by atoms with Crippen LogP contribution in [0.15, 0.2) is 18.2 Å². The number of para-hydroxylation sites is 1. The first-order valence-corrected chi connectivity index (χ1v) is 5.71. The molecule has 5 heteroatoms. The van der Waals surface area contributed by atoms with Gasteiger partial charge in [0.25, 0.3) is 0 Å². The Morgan fingerprint density at radius 2 is 2.22 bits per heavy atom. The molecule has 18 heavy (non-hydrogen) atoms. The molecule has 1 fully saturated rings. The highest BCUT2D eigenvalue weighted by atomic mass is 16.5. The summed E-state index contributed by atoms with van der Waals surface area (Å²) in [6.45, 7) is 2.01. The fraction of sp³-hybridized carbons (Fsp3) is 0.385. The van der Waals surface area contributed by atoms with Gasteiger partial charge in [-0.05, 0) is 18.6 Å². The number of amides is 1. The zero-order valence-corrected chi connectivity index (χ0v) is 10.3. The van der Waals surface area contributed by atoms with E-state index in [0.717, 1.165) is 0 Å². The predicted octanol–water partition coefficient (Wildman–Crippen LogP) is 1.23. The normalized spacial score (nSPS) is 19.1. The molecule has 0 spiro atoms. The molecule has 1 aromatic rings. The van der Waals surface area contributed by atoms with E-state index in [2.05, 4.69) is 4.74 Å². The Morgan fingerprint density at radius 3 is 2.89 bits per heavy atom. The van der Waals surface area contributed by atoms with Crippen LogP contribution in [0.5, 0.6) is 5.75 Å². The van der Waals surface area contributed by atoms with Crippen LogP contribution >= 0.6 is 0 Å². The van der Waals surface area contributed by atoms with Gasteiger partial charge in [-0.2, -0.15) is 0 Å². The number of phenols is 1. The topological polar surface area (TPSA) is 66.8 Å². The molecule has 1 saturated heterocycles. The number of carbonyl (C=O) groups is 2. The molecule has 0 saturated carbocycles. The minimum absolute atomic E-state index is 0.0800. The second kappa shape index (κ2) is 4.68. The molecular weight excluding hydrogens is 234 g/mol. The maximum absolute atomic E-state index is 11.9. The summed E-state index contributed by atoms with van der Waals surface area (Å²) in [5, 5.41) is 9.95. The fourth-order valence-corrected chi connectivity index (χ4v) is 2.13. The maximum atomic E-state index is 11.9. The van der Waals surface area contributed by atoms with E-state index in [9.17, 15) is 14.7 Å². The average molecular weight is 249 g/mol. The lowest BCUT2D eigenvalue weighted by Gasteiger charge is -2.18. The summed E-state index contributed by atoms with van der Waals surface area (Å²) in [5.41, 5.74) is 1.15. The summed E-state index contributed by atoms with van der Waals surface area (Å²) >= 11 is 0. The van der Waals surface area contributed by atoms with Gasteiger partial charge >= 0.3 is 5.97 Å². The van der Waals surface area contributed by atoms with E-state index < -0.39 is 11.9 Å². The van der Waals surface area contributed by atoms with Gasteiger partial charge in [0.05, 0.1) is 18.7 Å². The molecule has 0 bridgehead atoms. The Morgan fingerprint density at radius 1 is 1.50 bits per heavy atom. The van der Waals surface area contributed by atoms with Crippen molar-refractivity contribution in [1.82, 2.24) is 0 Å². The fourth-order valence-electron chi connectivity index (χ4n) is 2.13. The number of anilines is 1. The number of aryl methyl sites for hydroxylation is 1. The zero-order chi connectivity index (χ0) is 13.3. The minimum Gasteiger partial charge on any atom is -0.505 e. The summed E-state index contributed by atoms with van der Waals surface area (Å²) < 4.78 is 4.64. The van der Waals surface area contributed by atoms with Gasteiger partial charge in [-0.1, -0.05) is 12.1 Å². The first kappa shape index (κ1) is 12.4. The average Bonchev–Trinajstić information content (AvgIpc) is 2.74. The maximum Gasteiger partial charge on any atom is 0.311 e. The van der Waals surface area contributed by atoms with Crippen molar-refractivity contribution in [2.24, 2.45) is 5.92 Å². The molecule has 5 nitrogen and oxygen atoms in total. The van der Waals surface area contributed by atoms with Crippen molar-refractivity contribution < 1.29 is 19.4 Å². The van der Waals surface area contributed by atoms with Crippen molar-refractivity contribution in [3.8, 4) is 5.75 Å². The molecule has 0 radical (unpaired) electrons. The molecule has 2 rings (SSSR count). The number of rotatable bonds is 2. The third-order valence-corrected chi connectivity index (χ3v) is 3.17. The Labute approximate surface area is 105 Å². The molecule has 1 aliphatic heterocycles. The summed E-state index contributed by atoms with van der Waals surface area (Å²) in [4.78, 5) is 24.7. The molecule has 1 aliphatic rings. The number of hydrogen-bond acceptors (Lipinski definition) is 4. The molecule has 1 atom stereocenters. The van der Waals surface area contributed by atoms with Crippen LogP contribution in [-0.2, 0) is 14.3 Å². The lowest BCUT2D eigenvalue weighted by atomic mass is 10.1. The van der Waals surface area contributed by atoms with Crippen LogP contribution in [0.1, 0.15) is 12.0 Å². The van der Waals surface area contributed by atoms with Crippen LogP contribution in [-0.4, -0.2) is 30.6 Å². The van der Waals surface area contributed by atoms with Crippen LogP contribution in [0.4, 0.5) is 5.69 Å². The third-order valence-electron chi connectivity index (χ3n) is 3.17. The summed E-state index contributed by atoms with van der Waals surface area (Å²) in [7, 11) is 1.31. The molecule has 1 N–H and O–H groups in total. The highest BCUT2D eigenvalue weighted by Crippen LogP contribution is 2.34. The number of esters is 1. The zero-order valence-electron chi connectivity index (χ0n) is 10.3. The Kier molecular flexibility index (Phi) is 3.23. The molecular formula is C13H15NO4. The van der Waals surface area contributed by atoms with E-state index in [1.807, 2.05) is 0 Å². The molecule has 1 heterocycles. The molecule has 1 amide bonds. The van der Waals surface area contributed by atoms with Crippen molar-refractivity contribution in [2.75, 3.05) is 18.6 Å². The number of carbonyl (C=O) groups excluding carboxylic acids is 2. The summed E-state index contributed by atoms with van der Waals surface area (Å²) in [6, 6.07) is 5.19. The first-order valence-electron chi connectivity index (χ1n) is 5.71. The summed E-state index contributed by atoms with van der Waals surface area (Å²) in [6.07, 6.45) is 0.125. The van der Waals surface area contributed by atoms with E-state index in [1.54, 1.807) is 25.1 Å². The minimum atomic E-state index is -0.456. The van der Waals surface area contributed by atoms with Gasteiger partial charge in [0.15, 0.2) is 0 Å². The van der Waals surface area contributed by atoms with Crippen LogP contribution < -0.4 is 4.90 Å². The van der Waals surface area contributed by atoms with Gasteiger partial charge in [0.1, 0.15) is 5.75 Å². The Balaban J connectivity index is 2.27. The SMILES string of the molecule is COC(=O)C1CC(=O)N(c2cccc(C)c2O)C1. The number of nitrogens with zero attached hydrogens (tertiary/aromatic N) is 1. The second-order valence-electron chi connectivity index (χ2n) is 4.37. The largest absolute Gasteiger partial charge is 0.505 e. The van der Waals surface area contributed by atoms with Gasteiger partial charge < -0.3 is 14.7 Å². The number of aromatic hydroxyl groups is 1. The van der Waals surface area contributed by atoms with Gasteiger partial charge in [-0.15, -0.1) is 0 Å². The quantitative estimate of drug-likeness (QED) is 0.800. The van der Waals surface area contributed by atoms with Crippen molar-refractivity contribution in [1.29, 1.82) is 0 Å². The number of methoxy groups -OCH3 is 1. The Hall–Kier alpha value is -2.04. The predicted molar refractivity (Wildman–Crippen MR) is 65.3 cm³/mol. The van der Waals surface area contributed by atoms with Gasteiger partial charge in [0.2, 0.25) is 5.91 Å². The van der Waals surface area contributed by atoms with E-state index in [1.165, 1.54) is 12.0 Å². The van der Waals surface area contributed by atoms with E-state index in [0.29, 0.717) is 11.3 Å². The van der Waals surface area contributed by atoms with E-state index in [4.69, 9.17) is 0 Å². The van der Waals surface area contributed by atoms with Crippen LogP contribution in [0.25, 0.3) is 0 Å². The van der Waals surface area contributed by atoms with Gasteiger partial charge in [0, 0.05) is 13.0 Å². The van der Waals surface area contributed by atoms with Gasteiger partial charge in [-0.25, -0.2) is 0 Å². The summed E-state index contributed by atoms with van der Waals surface area (Å²) in [5.74, 6) is -0.942. The lowest BCUT2D eigenvalue weighted by molar-refractivity contribution is -0.145. The molecule has 0 aliphatic carbocycles. The van der Waals surface area contributed by atoms with Crippen molar-refractivity contribution in [3.05, 3.63) is 23.8 Å². The Bertz CT molecular complexity index is 498. The third kappa shape index (κ3) is 2.03. The molecule has 1 unspecified atom stereocenters. The number of ether oxygens (including phenoxy) is 1. The van der Waals surface area contributed by atoms with Crippen molar-refractivity contribution in [2.45, 2.75) is 13.3 Å². The first-order chi connectivity index (χ1) is 8.54. The van der Waals surface area contributed by atoms with Crippen LogP contribution in [0.2, 0.25) is 0 Å². The van der Waals surface area contributed by atoms with E-state index in [-0.39, 0.29) is 24.6 Å². The number of phenolic OH excluding ortho intramolecular Hbond substituents is 1. The number of hydrogen-bond donors (Lipinski definition) is 1. The van der Waals surface area contributed by atoms with E-state index >= 15 is 0 Å². The van der Waals surface area contributed by atoms with Gasteiger partial charge in [-0.3, -0.25) is 9.59 Å². The van der Waals surface area contributed by atoms with Crippen molar-refractivity contribution >= 4 is 17.6 Å². The monoisotopic (exact) mass is 249 g/mol.